The lowest BCUT2D eigenvalue weighted by atomic mass is 9.81. The van der Waals surface area contributed by atoms with Gasteiger partial charge in [-0.05, 0) is 31.7 Å². The zero-order valence-corrected chi connectivity index (χ0v) is 17.2. The zero-order valence-electron chi connectivity index (χ0n) is 17.2. The maximum Gasteiger partial charge on any atom is 0.333 e. The average Bonchev–Trinajstić information content (AvgIpc) is 3.48. The summed E-state index contributed by atoms with van der Waals surface area (Å²) in [6.45, 7) is -1.44. The van der Waals surface area contributed by atoms with Gasteiger partial charge in [-0.1, -0.05) is 0 Å². The number of halogens is 3. The van der Waals surface area contributed by atoms with Gasteiger partial charge in [0.15, 0.2) is 5.82 Å². The molecule has 0 radical (unpaired) electrons. The first-order valence-corrected chi connectivity index (χ1v) is 10.9. The lowest BCUT2D eigenvalue weighted by molar-refractivity contribution is -0.145. The second kappa shape index (κ2) is 7.21. The van der Waals surface area contributed by atoms with Crippen LogP contribution in [0.1, 0.15) is 32.2 Å². The minimum atomic E-state index is -2.70. The van der Waals surface area contributed by atoms with Crippen LogP contribution in [0.2, 0.25) is 0 Å². The molecule has 6 rings (SSSR count). The van der Waals surface area contributed by atoms with Crippen molar-refractivity contribution in [3.05, 3.63) is 31.0 Å². The Bertz CT molecular complexity index is 1160. The molecule has 32 heavy (non-hydrogen) atoms. The summed E-state index contributed by atoms with van der Waals surface area (Å²) in [5, 5.41) is 7.97. The minimum absolute atomic E-state index is 0.0373. The Morgan fingerprint density at radius 3 is 2.44 bits per heavy atom. The van der Waals surface area contributed by atoms with E-state index in [-0.39, 0.29) is 18.0 Å². The fourth-order valence-corrected chi connectivity index (χ4v) is 5.28. The molecule has 2 aliphatic heterocycles. The van der Waals surface area contributed by atoms with Gasteiger partial charge in [0.2, 0.25) is 5.91 Å². The maximum absolute atomic E-state index is 13.8. The Kier molecular flexibility index (Phi) is 4.41. The van der Waals surface area contributed by atoms with Crippen LogP contribution in [0.5, 0.6) is 0 Å². The number of aromatic nitrogens is 5. The highest BCUT2D eigenvalue weighted by atomic mass is 19.3. The van der Waals surface area contributed by atoms with Crippen LogP contribution in [0.25, 0.3) is 16.6 Å². The van der Waals surface area contributed by atoms with E-state index in [0.29, 0.717) is 36.2 Å². The Morgan fingerprint density at radius 1 is 1.03 bits per heavy atom. The zero-order chi connectivity index (χ0) is 22.0. The van der Waals surface area contributed by atoms with Gasteiger partial charge >= 0.3 is 6.55 Å². The van der Waals surface area contributed by atoms with Crippen LogP contribution in [0.4, 0.5) is 19.0 Å². The molecule has 4 unspecified atom stereocenters. The topological polar surface area (TPSA) is 71.6 Å². The Balaban J connectivity index is 1.28. The maximum atomic E-state index is 13.8. The van der Waals surface area contributed by atoms with E-state index in [1.165, 1.54) is 18.7 Å². The summed E-state index contributed by atoms with van der Waals surface area (Å²) < 4.78 is 41.9. The SMILES string of the molecule is O=C(C1CCC1F)N1C2CCC1CN(c1ncnn3cc(-c4cnn(C(F)F)c4)cc13)C2. The second-order valence-electron chi connectivity index (χ2n) is 8.86. The van der Waals surface area contributed by atoms with Gasteiger partial charge in [0.25, 0.3) is 0 Å². The van der Waals surface area contributed by atoms with Crippen LogP contribution in [0.3, 0.4) is 0 Å². The lowest BCUT2D eigenvalue weighted by Gasteiger charge is -2.44. The Hall–Kier alpha value is -3.11. The Morgan fingerprint density at radius 2 is 1.81 bits per heavy atom. The van der Waals surface area contributed by atoms with E-state index < -0.39 is 18.6 Å². The summed E-state index contributed by atoms with van der Waals surface area (Å²) >= 11 is 0. The van der Waals surface area contributed by atoms with Crippen LogP contribution in [0.15, 0.2) is 31.0 Å². The first-order chi connectivity index (χ1) is 15.5. The summed E-state index contributed by atoms with van der Waals surface area (Å²) in [6.07, 6.45) is 7.85. The van der Waals surface area contributed by atoms with Gasteiger partial charge in [-0.15, -0.1) is 0 Å². The molecule has 0 N–H and O–H groups in total. The highest BCUT2D eigenvalue weighted by molar-refractivity contribution is 5.82. The Labute approximate surface area is 181 Å². The normalized spacial score (nSPS) is 27.4. The molecule has 2 saturated heterocycles. The van der Waals surface area contributed by atoms with Crippen LogP contribution in [0, 0.1) is 5.92 Å². The minimum Gasteiger partial charge on any atom is -0.351 e. The van der Waals surface area contributed by atoms with Crippen molar-refractivity contribution in [2.24, 2.45) is 5.92 Å². The lowest BCUT2D eigenvalue weighted by Crippen LogP contribution is -2.59. The van der Waals surface area contributed by atoms with Gasteiger partial charge in [0, 0.05) is 48.7 Å². The molecule has 8 nitrogen and oxygen atoms in total. The number of amides is 1. The van der Waals surface area contributed by atoms with Crippen molar-refractivity contribution in [3.8, 4) is 11.1 Å². The first kappa shape index (κ1) is 19.6. The van der Waals surface area contributed by atoms with Crippen LogP contribution >= 0.6 is 0 Å². The van der Waals surface area contributed by atoms with E-state index in [4.69, 9.17) is 0 Å². The number of alkyl halides is 3. The molecule has 3 aromatic heterocycles. The van der Waals surface area contributed by atoms with Gasteiger partial charge < -0.3 is 9.80 Å². The number of piperazine rings is 1. The van der Waals surface area contributed by atoms with Gasteiger partial charge in [0.05, 0.1) is 12.1 Å². The molecule has 1 saturated carbocycles. The number of carbonyl (C=O) groups excluding carboxylic acids is 1. The van der Waals surface area contributed by atoms with Crippen LogP contribution in [-0.2, 0) is 4.79 Å². The molecular weight excluding hydrogens is 423 g/mol. The molecule has 3 fully saturated rings. The molecule has 168 valence electrons. The van der Waals surface area contributed by atoms with Crippen LogP contribution in [-0.4, -0.2) is 66.5 Å². The predicted octanol–water partition coefficient (Wildman–Crippen LogP) is 2.92. The quantitative estimate of drug-likeness (QED) is 0.618. The third kappa shape index (κ3) is 2.97. The van der Waals surface area contributed by atoms with Crippen molar-refractivity contribution in [1.82, 2.24) is 29.3 Å². The van der Waals surface area contributed by atoms with Crippen LogP contribution < -0.4 is 4.90 Å². The van der Waals surface area contributed by atoms with E-state index in [0.717, 1.165) is 29.7 Å². The molecule has 5 heterocycles. The highest BCUT2D eigenvalue weighted by Crippen LogP contribution is 2.39. The number of fused-ring (bicyclic) bond motifs is 3. The molecule has 0 aromatic carbocycles. The third-order valence-corrected chi connectivity index (χ3v) is 7.06. The van der Waals surface area contributed by atoms with E-state index in [1.54, 1.807) is 10.7 Å². The summed E-state index contributed by atoms with van der Waals surface area (Å²) in [5.74, 6) is 0.228. The van der Waals surface area contributed by atoms with Crippen molar-refractivity contribution in [2.45, 2.75) is 50.5 Å². The molecule has 1 aliphatic carbocycles. The molecule has 2 bridgehead atoms. The second-order valence-corrected chi connectivity index (χ2v) is 8.86. The fourth-order valence-electron chi connectivity index (χ4n) is 5.28. The molecule has 1 amide bonds. The number of hydrogen-bond acceptors (Lipinski definition) is 5. The third-order valence-electron chi connectivity index (χ3n) is 7.06. The number of carbonyl (C=O) groups is 1. The molecule has 4 atom stereocenters. The van der Waals surface area contributed by atoms with Gasteiger partial charge in [-0.2, -0.15) is 19.0 Å². The van der Waals surface area contributed by atoms with E-state index in [1.807, 2.05) is 11.0 Å². The summed E-state index contributed by atoms with van der Waals surface area (Å²) in [5.41, 5.74) is 2.04. The monoisotopic (exact) mass is 445 g/mol. The molecular formula is C21H22F3N7O. The smallest absolute Gasteiger partial charge is 0.333 e. The number of anilines is 1. The van der Waals surface area contributed by atoms with Crippen molar-refractivity contribution in [3.63, 3.8) is 0 Å². The van der Waals surface area contributed by atoms with Crippen molar-refractivity contribution in [1.29, 1.82) is 0 Å². The van der Waals surface area contributed by atoms with Gasteiger partial charge in [-0.25, -0.2) is 18.6 Å². The molecule has 11 heteroatoms. The van der Waals surface area contributed by atoms with Crippen molar-refractivity contribution in [2.75, 3.05) is 18.0 Å². The molecule has 0 spiro atoms. The van der Waals surface area contributed by atoms with Gasteiger partial charge in [0.1, 0.15) is 18.0 Å². The highest BCUT2D eigenvalue weighted by Gasteiger charge is 2.48. The van der Waals surface area contributed by atoms with Crippen molar-refractivity contribution >= 4 is 17.2 Å². The predicted molar refractivity (Wildman–Crippen MR) is 109 cm³/mol. The summed E-state index contributed by atoms with van der Waals surface area (Å²) in [6, 6.07) is 1.95. The largest absolute Gasteiger partial charge is 0.351 e. The standard InChI is InChI=1S/C21H22F3N7O/c22-17-4-3-16(17)20(32)31-14-1-2-15(31)10-28(9-14)19-18-5-12(7-29(18)27-11-25-19)13-6-26-30(8-13)21(23)24/h5-8,11,14-17,21H,1-4,9-10H2. The summed E-state index contributed by atoms with van der Waals surface area (Å²) in [7, 11) is 0. The number of nitrogens with zero attached hydrogens (tertiary/aromatic N) is 7. The van der Waals surface area contributed by atoms with E-state index >= 15 is 0 Å². The molecule has 3 aromatic rings. The fraction of sp³-hybridized carbons (Fsp3) is 0.524. The first-order valence-electron chi connectivity index (χ1n) is 10.9. The number of rotatable bonds is 4. The van der Waals surface area contributed by atoms with E-state index in [9.17, 15) is 18.0 Å². The molecule has 3 aliphatic rings. The van der Waals surface area contributed by atoms with Crippen molar-refractivity contribution < 1.29 is 18.0 Å². The van der Waals surface area contributed by atoms with E-state index in [2.05, 4.69) is 20.1 Å². The number of hydrogen-bond donors (Lipinski definition) is 0. The van der Waals surface area contributed by atoms with Gasteiger partial charge in [-0.3, -0.25) is 4.79 Å². The average molecular weight is 445 g/mol. The summed E-state index contributed by atoms with van der Waals surface area (Å²) in [4.78, 5) is 21.5.